The fraction of sp³-hybridized carbons (Fsp3) is 0.190. The van der Waals surface area contributed by atoms with Gasteiger partial charge in [-0.3, -0.25) is 4.79 Å². The van der Waals surface area contributed by atoms with Crippen molar-refractivity contribution >= 4 is 49.8 Å². The number of carbonyl (C=O) groups excluding carboxylic acids is 1. The molecule has 0 saturated carbocycles. The van der Waals surface area contributed by atoms with Crippen LogP contribution in [-0.4, -0.2) is 28.0 Å². The van der Waals surface area contributed by atoms with Crippen molar-refractivity contribution in [2.75, 3.05) is 17.6 Å². The van der Waals surface area contributed by atoms with E-state index < -0.39 is 0 Å². The standard InChI is InChI=1S/C21H22N4OS2/c1-2-17(26)12-15-8-9-19-20(18(15)13-28-27-11-10-22)21(24-14-23-19)25-16-6-4-3-5-7-16/h2-9,14H,1,10-13,22H2,(H,23,24,25). The van der Waals surface area contributed by atoms with Crippen molar-refractivity contribution in [2.45, 2.75) is 12.2 Å². The smallest absolute Gasteiger partial charge is 0.159 e. The maximum atomic E-state index is 12.0. The van der Waals surface area contributed by atoms with Gasteiger partial charge in [-0.15, -0.1) is 0 Å². The van der Waals surface area contributed by atoms with Crippen LogP contribution in [0.15, 0.2) is 61.4 Å². The van der Waals surface area contributed by atoms with E-state index in [9.17, 15) is 4.79 Å². The highest BCUT2D eigenvalue weighted by atomic mass is 33.1. The zero-order valence-corrected chi connectivity index (χ0v) is 17.1. The van der Waals surface area contributed by atoms with Crippen molar-refractivity contribution in [1.29, 1.82) is 0 Å². The minimum Gasteiger partial charge on any atom is -0.340 e. The highest BCUT2D eigenvalue weighted by Crippen LogP contribution is 2.34. The van der Waals surface area contributed by atoms with Crippen LogP contribution in [-0.2, 0) is 17.0 Å². The van der Waals surface area contributed by atoms with Crippen LogP contribution in [0.1, 0.15) is 11.1 Å². The van der Waals surface area contributed by atoms with E-state index in [1.807, 2.05) is 42.5 Å². The van der Waals surface area contributed by atoms with Crippen LogP contribution in [0.5, 0.6) is 0 Å². The molecule has 28 heavy (non-hydrogen) atoms. The largest absolute Gasteiger partial charge is 0.340 e. The highest BCUT2D eigenvalue weighted by Gasteiger charge is 2.15. The first-order valence-corrected chi connectivity index (χ1v) is 11.4. The number of allylic oxidation sites excluding steroid dienone is 1. The van der Waals surface area contributed by atoms with Crippen LogP contribution < -0.4 is 11.1 Å². The molecule has 0 saturated heterocycles. The van der Waals surface area contributed by atoms with E-state index in [-0.39, 0.29) is 5.78 Å². The Morgan fingerprint density at radius 1 is 1.14 bits per heavy atom. The van der Waals surface area contributed by atoms with E-state index in [1.165, 1.54) is 6.08 Å². The Morgan fingerprint density at radius 2 is 1.96 bits per heavy atom. The normalized spacial score (nSPS) is 10.8. The van der Waals surface area contributed by atoms with Crippen molar-refractivity contribution in [3.05, 3.63) is 72.6 Å². The van der Waals surface area contributed by atoms with Gasteiger partial charge in [-0.1, -0.05) is 52.4 Å². The molecule has 0 unspecified atom stereocenters. The van der Waals surface area contributed by atoms with Crippen LogP contribution in [0.25, 0.3) is 10.9 Å². The number of carbonyl (C=O) groups is 1. The van der Waals surface area contributed by atoms with Gasteiger partial charge in [-0.05, 0) is 35.4 Å². The minimum atomic E-state index is -0.00497. The van der Waals surface area contributed by atoms with Gasteiger partial charge in [0.05, 0.1) is 5.52 Å². The Bertz CT molecular complexity index is 963. The van der Waals surface area contributed by atoms with Gasteiger partial charge < -0.3 is 11.1 Å². The van der Waals surface area contributed by atoms with Gasteiger partial charge >= 0.3 is 0 Å². The average Bonchev–Trinajstić information content (AvgIpc) is 2.73. The van der Waals surface area contributed by atoms with E-state index in [0.717, 1.165) is 45.0 Å². The SMILES string of the molecule is C=CC(=O)Cc1ccc2ncnc(Nc3ccccc3)c2c1CSSCCN. The molecule has 0 spiro atoms. The van der Waals surface area contributed by atoms with Gasteiger partial charge in [0.15, 0.2) is 5.78 Å². The molecule has 0 bridgehead atoms. The summed E-state index contributed by atoms with van der Waals surface area (Å²) in [6.07, 6.45) is 3.24. The number of nitrogens with two attached hydrogens (primary N) is 1. The molecule has 0 aliphatic heterocycles. The molecule has 144 valence electrons. The van der Waals surface area contributed by atoms with Gasteiger partial charge in [0.2, 0.25) is 0 Å². The summed E-state index contributed by atoms with van der Waals surface area (Å²) < 4.78 is 0. The molecule has 3 aromatic rings. The average molecular weight is 411 g/mol. The molecule has 3 N–H and O–H groups in total. The van der Waals surface area contributed by atoms with E-state index in [0.29, 0.717) is 13.0 Å². The molecular weight excluding hydrogens is 388 g/mol. The second kappa shape index (κ2) is 10.3. The number of nitrogens with one attached hydrogen (secondary N) is 1. The number of ketones is 1. The zero-order valence-electron chi connectivity index (χ0n) is 15.4. The maximum absolute atomic E-state index is 12.0. The summed E-state index contributed by atoms with van der Waals surface area (Å²) in [6.45, 7) is 4.24. The van der Waals surface area contributed by atoms with E-state index in [1.54, 1.807) is 27.9 Å². The second-order valence-corrected chi connectivity index (χ2v) is 8.61. The lowest BCUT2D eigenvalue weighted by Crippen LogP contribution is -2.05. The molecule has 2 aromatic carbocycles. The van der Waals surface area contributed by atoms with Crippen molar-refractivity contribution in [2.24, 2.45) is 5.73 Å². The van der Waals surface area contributed by atoms with Crippen LogP contribution in [0.2, 0.25) is 0 Å². The number of hydrogen-bond acceptors (Lipinski definition) is 7. The van der Waals surface area contributed by atoms with Crippen molar-refractivity contribution < 1.29 is 4.79 Å². The van der Waals surface area contributed by atoms with E-state index in [2.05, 4.69) is 21.9 Å². The Hall–Kier alpha value is -2.35. The number of hydrogen-bond donors (Lipinski definition) is 2. The van der Waals surface area contributed by atoms with Crippen LogP contribution in [0, 0.1) is 0 Å². The molecule has 0 aliphatic rings. The molecule has 0 radical (unpaired) electrons. The third-order valence-electron chi connectivity index (χ3n) is 4.13. The summed E-state index contributed by atoms with van der Waals surface area (Å²) in [5.41, 5.74) is 9.45. The van der Waals surface area contributed by atoms with Gasteiger partial charge in [-0.25, -0.2) is 9.97 Å². The molecule has 3 rings (SSSR count). The Labute approximate surface area is 172 Å². The molecule has 0 amide bonds. The summed E-state index contributed by atoms with van der Waals surface area (Å²) in [5.74, 6) is 2.35. The number of para-hydroxylation sites is 1. The van der Waals surface area contributed by atoms with Crippen LogP contribution in [0.3, 0.4) is 0 Å². The number of benzene rings is 2. The first kappa shape index (κ1) is 20.4. The number of fused-ring (bicyclic) bond motifs is 1. The summed E-state index contributed by atoms with van der Waals surface area (Å²) >= 11 is 0. The predicted molar refractivity (Wildman–Crippen MR) is 121 cm³/mol. The number of nitrogens with zero attached hydrogens (tertiary/aromatic N) is 2. The molecule has 7 heteroatoms. The van der Waals surface area contributed by atoms with Gasteiger partial charge in [-0.2, -0.15) is 0 Å². The zero-order chi connectivity index (χ0) is 19.8. The molecule has 1 aromatic heterocycles. The topological polar surface area (TPSA) is 80.9 Å². The maximum Gasteiger partial charge on any atom is 0.159 e. The summed E-state index contributed by atoms with van der Waals surface area (Å²) in [6, 6.07) is 13.8. The number of aromatic nitrogens is 2. The summed E-state index contributed by atoms with van der Waals surface area (Å²) in [5, 5.41) is 4.34. The Balaban J connectivity index is 2.05. The Morgan fingerprint density at radius 3 is 2.71 bits per heavy atom. The molecule has 0 atom stereocenters. The Kier molecular flexibility index (Phi) is 7.47. The lowest BCUT2D eigenvalue weighted by atomic mass is 9.99. The molecule has 5 nitrogen and oxygen atoms in total. The second-order valence-electron chi connectivity index (χ2n) is 6.03. The molecular formula is C21H22N4OS2. The first-order chi connectivity index (χ1) is 13.7. The predicted octanol–water partition coefficient (Wildman–Crippen LogP) is 4.51. The molecule has 0 fully saturated rings. The van der Waals surface area contributed by atoms with Gasteiger partial charge in [0.1, 0.15) is 12.1 Å². The van der Waals surface area contributed by atoms with Crippen LogP contribution in [0.4, 0.5) is 11.5 Å². The third kappa shape index (κ3) is 5.13. The quantitative estimate of drug-likeness (QED) is 0.289. The lowest BCUT2D eigenvalue weighted by molar-refractivity contribution is -0.114. The number of rotatable bonds is 10. The summed E-state index contributed by atoms with van der Waals surface area (Å²) in [7, 11) is 3.45. The highest BCUT2D eigenvalue weighted by molar-refractivity contribution is 8.76. The van der Waals surface area contributed by atoms with Gasteiger partial charge in [0, 0.05) is 35.5 Å². The fourth-order valence-corrected chi connectivity index (χ4v) is 4.81. The summed E-state index contributed by atoms with van der Waals surface area (Å²) in [4.78, 5) is 20.9. The van der Waals surface area contributed by atoms with Crippen molar-refractivity contribution in [3.63, 3.8) is 0 Å². The number of anilines is 2. The van der Waals surface area contributed by atoms with Crippen molar-refractivity contribution in [1.82, 2.24) is 9.97 Å². The van der Waals surface area contributed by atoms with Gasteiger partial charge in [0.25, 0.3) is 0 Å². The van der Waals surface area contributed by atoms with E-state index >= 15 is 0 Å². The minimum absolute atomic E-state index is 0.00497. The van der Waals surface area contributed by atoms with Crippen molar-refractivity contribution in [3.8, 4) is 0 Å². The first-order valence-electron chi connectivity index (χ1n) is 8.90. The van der Waals surface area contributed by atoms with E-state index in [4.69, 9.17) is 5.73 Å². The molecule has 0 aliphatic carbocycles. The lowest BCUT2D eigenvalue weighted by Gasteiger charge is -2.15. The third-order valence-corrected chi connectivity index (χ3v) is 6.45. The monoisotopic (exact) mass is 410 g/mol. The fourth-order valence-electron chi connectivity index (χ4n) is 2.81. The molecule has 1 heterocycles. The van der Waals surface area contributed by atoms with Crippen LogP contribution >= 0.6 is 21.6 Å².